The van der Waals surface area contributed by atoms with Crippen LogP contribution in [0.4, 0.5) is 10.5 Å². The van der Waals surface area contributed by atoms with Crippen molar-refractivity contribution >= 4 is 39.0 Å². The smallest absolute Gasteiger partial charge is 0.317 e. The molecule has 0 unspecified atom stereocenters. The summed E-state index contributed by atoms with van der Waals surface area (Å²) in [5.41, 5.74) is 0.326. The Labute approximate surface area is 234 Å². The van der Waals surface area contributed by atoms with E-state index in [4.69, 9.17) is 4.74 Å². The van der Waals surface area contributed by atoms with Gasteiger partial charge in [0.2, 0.25) is 0 Å². The number of urea groups is 1. The minimum atomic E-state index is -3.91. The molecule has 2 aliphatic rings. The number of anilines is 1. The van der Waals surface area contributed by atoms with Gasteiger partial charge in [-0.15, -0.1) is 11.3 Å². The van der Waals surface area contributed by atoms with Crippen LogP contribution in [0.1, 0.15) is 56.3 Å². The van der Waals surface area contributed by atoms with Crippen LogP contribution in [0.25, 0.3) is 0 Å². The second kappa shape index (κ2) is 12.6. The number of carbonyl (C=O) groups excluding carboxylic acids is 2. The lowest BCUT2D eigenvalue weighted by molar-refractivity contribution is 0.0368. The number of hydrogen-bond acceptors (Lipinski definition) is 7. The van der Waals surface area contributed by atoms with Crippen LogP contribution in [0.5, 0.6) is 5.75 Å². The van der Waals surface area contributed by atoms with E-state index in [9.17, 15) is 23.1 Å². The maximum absolute atomic E-state index is 13.6. The van der Waals surface area contributed by atoms with Gasteiger partial charge in [0.15, 0.2) is 5.75 Å². The standard InChI is InChI=1S/C27H38N4O6S2/c1-18-15-31(19(2)17-32)26(33)21-11-7-12-22(29-39(35,36)24-13-8-14-38-24)25(21)37-23(18)16-30(3)27(34)28-20-9-5-4-6-10-20/h7-8,11-14,18-20,23,29,32H,4-6,9-10,15-17H2,1-3H3,(H,28,34)/t18-,19+,23-/m1/s1. The van der Waals surface area contributed by atoms with E-state index in [1.165, 1.54) is 12.5 Å². The number of aliphatic hydroxyl groups excluding tert-OH is 1. The Morgan fingerprint density at radius 3 is 2.64 bits per heavy atom. The fourth-order valence-corrected chi connectivity index (χ4v) is 7.09. The topological polar surface area (TPSA) is 128 Å². The first-order valence-electron chi connectivity index (χ1n) is 13.4. The highest BCUT2D eigenvalue weighted by atomic mass is 32.2. The highest BCUT2D eigenvalue weighted by molar-refractivity contribution is 7.94. The number of amides is 3. The van der Waals surface area contributed by atoms with Crippen molar-refractivity contribution in [2.24, 2.45) is 5.92 Å². The van der Waals surface area contributed by atoms with Gasteiger partial charge < -0.3 is 25.0 Å². The number of fused-ring (bicyclic) bond motifs is 1. The van der Waals surface area contributed by atoms with Crippen LogP contribution in [-0.4, -0.2) is 80.2 Å². The maximum Gasteiger partial charge on any atom is 0.317 e. The molecule has 4 rings (SSSR count). The third-order valence-corrected chi connectivity index (χ3v) is 10.2. The maximum atomic E-state index is 13.6. The summed E-state index contributed by atoms with van der Waals surface area (Å²) in [6.07, 6.45) is 4.77. The zero-order valence-electron chi connectivity index (χ0n) is 22.6. The van der Waals surface area contributed by atoms with Crippen LogP contribution in [-0.2, 0) is 10.0 Å². The molecule has 1 saturated carbocycles. The lowest BCUT2D eigenvalue weighted by Gasteiger charge is -2.38. The zero-order chi connectivity index (χ0) is 28.2. The second-order valence-electron chi connectivity index (χ2n) is 10.5. The molecule has 0 saturated heterocycles. The lowest BCUT2D eigenvalue weighted by Crippen LogP contribution is -2.52. The number of thiophene rings is 1. The van der Waals surface area contributed by atoms with E-state index in [0.717, 1.165) is 37.0 Å². The minimum absolute atomic E-state index is 0.107. The van der Waals surface area contributed by atoms with Gasteiger partial charge in [-0.1, -0.05) is 38.3 Å². The van der Waals surface area contributed by atoms with Crippen LogP contribution < -0.4 is 14.8 Å². The number of hydrogen-bond donors (Lipinski definition) is 3. The molecule has 0 bridgehead atoms. The summed E-state index contributed by atoms with van der Waals surface area (Å²) >= 11 is 1.08. The van der Waals surface area contributed by atoms with Crippen LogP contribution in [0.15, 0.2) is 39.9 Å². The number of rotatable bonds is 8. The van der Waals surface area contributed by atoms with Crippen molar-refractivity contribution in [3.05, 3.63) is 41.3 Å². The number of likely N-dealkylation sites (N-methyl/N-ethyl adjacent to an activating group) is 1. The quantitative estimate of drug-likeness (QED) is 0.438. The molecule has 1 aliphatic heterocycles. The Kier molecular flexibility index (Phi) is 9.39. The average molecular weight is 579 g/mol. The van der Waals surface area contributed by atoms with E-state index >= 15 is 0 Å². The fourth-order valence-electron chi connectivity index (χ4n) is 5.04. The summed E-state index contributed by atoms with van der Waals surface area (Å²) < 4.78 is 35.3. The summed E-state index contributed by atoms with van der Waals surface area (Å²) in [6, 6.07) is 7.38. The first-order chi connectivity index (χ1) is 18.6. The Hall–Kier alpha value is -2.83. The van der Waals surface area contributed by atoms with E-state index < -0.39 is 22.2 Å². The fraction of sp³-hybridized carbons (Fsp3) is 0.556. The molecule has 214 valence electrons. The number of ether oxygens (including phenoxy) is 1. The Morgan fingerprint density at radius 2 is 1.97 bits per heavy atom. The van der Waals surface area contributed by atoms with Crippen molar-refractivity contribution in [3.8, 4) is 5.75 Å². The second-order valence-corrected chi connectivity index (χ2v) is 13.4. The molecule has 10 nitrogen and oxygen atoms in total. The SMILES string of the molecule is C[C@@H]1CN([C@@H](C)CO)C(=O)c2cccc(NS(=O)(=O)c3cccs3)c2O[C@@H]1CN(C)C(=O)NC1CCCCC1. The van der Waals surface area contributed by atoms with Crippen molar-refractivity contribution in [2.45, 2.75) is 68.3 Å². The number of benzene rings is 1. The zero-order valence-corrected chi connectivity index (χ0v) is 24.3. The van der Waals surface area contributed by atoms with Gasteiger partial charge in [-0.2, -0.15) is 0 Å². The van der Waals surface area contributed by atoms with Gasteiger partial charge in [0.25, 0.3) is 15.9 Å². The lowest BCUT2D eigenvalue weighted by atomic mass is 9.96. The molecule has 0 radical (unpaired) electrons. The molecule has 3 amide bonds. The highest BCUT2D eigenvalue weighted by Gasteiger charge is 2.35. The summed E-state index contributed by atoms with van der Waals surface area (Å²) in [5, 5.41) is 14.7. The molecule has 0 spiro atoms. The predicted octanol–water partition coefficient (Wildman–Crippen LogP) is 3.74. The van der Waals surface area contributed by atoms with Gasteiger partial charge in [-0.05, 0) is 43.3 Å². The van der Waals surface area contributed by atoms with E-state index in [1.807, 2.05) is 6.92 Å². The first kappa shape index (κ1) is 29.2. The largest absolute Gasteiger partial charge is 0.485 e. The molecular formula is C27H38N4O6S2. The third-order valence-electron chi connectivity index (χ3n) is 7.43. The molecule has 39 heavy (non-hydrogen) atoms. The summed E-state index contributed by atoms with van der Waals surface area (Å²) in [7, 11) is -2.20. The van der Waals surface area contributed by atoms with Gasteiger partial charge in [0.1, 0.15) is 10.3 Å². The van der Waals surface area contributed by atoms with Crippen molar-refractivity contribution in [2.75, 3.05) is 31.5 Å². The number of carbonyl (C=O) groups is 2. The summed E-state index contributed by atoms with van der Waals surface area (Å²) in [5.74, 6) is -0.490. The number of sulfonamides is 1. The number of nitrogens with zero attached hydrogens (tertiary/aromatic N) is 2. The Bertz CT molecular complexity index is 1250. The number of aliphatic hydroxyl groups is 1. The normalized spacial score (nSPS) is 21.2. The first-order valence-corrected chi connectivity index (χ1v) is 15.8. The Balaban J connectivity index is 1.65. The predicted molar refractivity (Wildman–Crippen MR) is 151 cm³/mol. The Morgan fingerprint density at radius 1 is 1.23 bits per heavy atom. The molecule has 12 heteroatoms. The molecular weight excluding hydrogens is 540 g/mol. The van der Waals surface area contributed by atoms with Crippen LogP contribution in [0.2, 0.25) is 0 Å². The van der Waals surface area contributed by atoms with Crippen molar-refractivity contribution < 1.29 is 27.9 Å². The van der Waals surface area contributed by atoms with E-state index in [2.05, 4.69) is 10.0 Å². The molecule has 1 fully saturated rings. The summed E-state index contributed by atoms with van der Waals surface area (Å²) in [4.78, 5) is 29.8. The molecule has 1 aliphatic carbocycles. The highest BCUT2D eigenvalue weighted by Crippen LogP contribution is 2.36. The monoisotopic (exact) mass is 578 g/mol. The minimum Gasteiger partial charge on any atom is -0.485 e. The van der Waals surface area contributed by atoms with Crippen LogP contribution >= 0.6 is 11.3 Å². The summed E-state index contributed by atoms with van der Waals surface area (Å²) in [6.45, 7) is 3.97. The number of nitrogens with one attached hydrogen (secondary N) is 2. The molecule has 2 heterocycles. The molecule has 1 aromatic carbocycles. The van der Waals surface area contributed by atoms with Crippen molar-refractivity contribution in [3.63, 3.8) is 0 Å². The molecule has 1 aromatic heterocycles. The number of para-hydroxylation sites is 1. The molecule has 2 aromatic rings. The van der Waals surface area contributed by atoms with Crippen LogP contribution in [0, 0.1) is 5.92 Å². The molecule has 3 N–H and O–H groups in total. The van der Waals surface area contributed by atoms with Crippen molar-refractivity contribution in [1.29, 1.82) is 0 Å². The van der Waals surface area contributed by atoms with Gasteiger partial charge in [-0.3, -0.25) is 9.52 Å². The van der Waals surface area contributed by atoms with Gasteiger partial charge >= 0.3 is 6.03 Å². The van der Waals surface area contributed by atoms with Gasteiger partial charge in [0.05, 0.1) is 30.4 Å². The van der Waals surface area contributed by atoms with E-state index in [-0.39, 0.29) is 58.3 Å². The van der Waals surface area contributed by atoms with Crippen LogP contribution in [0.3, 0.4) is 0 Å². The van der Waals surface area contributed by atoms with E-state index in [1.54, 1.807) is 53.4 Å². The van der Waals surface area contributed by atoms with Crippen molar-refractivity contribution in [1.82, 2.24) is 15.1 Å². The third kappa shape index (κ3) is 6.85. The molecule has 3 atom stereocenters. The van der Waals surface area contributed by atoms with Gasteiger partial charge in [0, 0.05) is 25.6 Å². The van der Waals surface area contributed by atoms with Gasteiger partial charge in [-0.25, -0.2) is 13.2 Å². The van der Waals surface area contributed by atoms with E-state index in [0.29, 0.717) is 6.54 Å². The average Bonchev–Trinajstić information content (AvgIpc) is 3.47.